The maximum atomic E-state index is 6.33. The summed E-state index contributed by atoms with van der Waals surface area (Å²) in [5.74, 6) is 2.60. The van der Waals surface area contributed by atoms with Crippen molar-refractivity contribution in [3.8, 4) is 5.75 Å². The van der Waals surface area contributed by atoms with Gasteiger partial charge in [0.2, 0.25) is 0 Å². The lowest BCUT2D eigenvalue weighted by atomic mass is 9.73. The van der Waals surface area contributed by atoms with E-state index in [1.807, 2.05) is 30.3 Å². The summed E-state index contributed by atoms with van der Waals surface area (Å²) in [5.41, 5.74) is 0.934. The van der Waals surface area contributed by atoms with Gasteiger partial charge >= 0.3 is 0 Å². The third kappa shape index (κ3) is 6.52. The maximum absolute atomic E-state index is 6.33. The highest BCUT2D eigenvalue weighted by Gasteiger charge is 2.37. The Morgan fingerprint density at radius 2 is 2.03 bits per heavy atom. The highest BCUT2D eigenvalue weighted by atomic mass is 127. The molecule has 1 saturated heterocycles. The number of guanidine groups is 1. The van der Waals surface area contributed by atoms with Crippen molar-refractivity contribution in [2.45, 2.75) is 31.6 Å². The summed E-state index contributed by atoms with van der Waals surface area (Å²) in [5, 5.41) is 7.44. The number of furan rings is 1. The standard InChI is InChI=1S/C22H30ClN3O3.HI/c1-3-24-21(25-11-8-18-5-4-12-29-18)26-16-22(9-13-28-14-10-22)19-15-17(23)6-7-20(19)27-2;/h4-7,12,15H,3,8-11,13-14,16H2,1-2H3,(H2,24,25,26);1H. The molecule has 0 atom stereocenters. The highest BCUT2D eigenvalue weighted by Crippen LogP contribution is 2.41. The van der Waals surface area contributed by atoms with Crippen molar-refractivity contribution in [3.63, 3.8) is 0 Å². The molecule has 0 unspecified atom stereocenters. The summed E-state index contributed by atoms with van der Waals surface area (Å²) in [6, 6.07) is 9.69. The zero-order valence-electron chi connectivity index (χ0n) is 17.6. The van der Waals surface area contributed by atoms with Gasteiger partial charge in [0.25, 0.3) is 0 Å². The number of nitrogens with one attached hydrogen (secondary N) is 2. The van der Waals surface area contributed by atoms with Gasteiger partial charge in [-0.05, 0) is 50.1 Å². The molecule has 6 nitrogen and oxygen atoms in total. The summed E-state index contributed by atoms with van der Waals surface area (Å²) in [6.45, 7) is 5.64. The van der Waals surface area contributed by atoms with E-state index in [0.717, 1.165) is 55.4 Å². The summed E-state index contributed by atoms with van der Waals surface area (Å²) in [6.07, 6.45) is 4.25. The van der Waals surface area contributed by atoms with Crippen molar-refractivity contribution in [2.75, 3.05) is 40.0 Å². The van der Waals surface area contributed by atoms with Crippen molar-refractivity contribution in [2.24, 2.45) is 4.99 Å². The Morgan fingerprint density at radius 1 is 1.23 bits per heavy atom. The smallest absolute Gasteiger partial charge is 0.191 e. The molecule has 0 bridgehead atoms. The Kier molecular flexibility index (Phi) is 10.3. The maximum Gasteiger partial charge on any atom is 0.191 e. The molecule has 2 aromatic rings. The van der Waals surface area contributed by atoms with Crippen LogP contribution in [0.3, 0.4) is 0 Å². The van der Waals surface area contributed by atoms with E-state index < -0.39 is 0 Å². The molecule has 3 rings (SSSR count). The molecule has 0 amide bonds. The van der Waals surface area contributed by atoms with Gasteiger partial charge in [-0.3, -0.25) is 4.99 Å². The van der Waals surface area contributed by atoms with E-state index in [4.69, 9.17) is 30.5 Å². The number of benzene rings is 1. The molecular weight excluding hydrogens is 517 g/mol. The molecule has 8 heteroatoms. The third-order valence-electron chi connectivity index (χ3n) is 5.31. The Labute approximate surface area is 200 Å². The van der Waals surface area contributed by atoms with Gasteiger partial charge in [-0.2, -0.15) is 0 Å². The first-order valence-corrected chi connectivity index (χ1v) is 10.5. The first-order valence-electron chi connectivity index (χ1n) is 10.1. The van der Waals surface area contributed by atoms with Crippen LogP contribution in [0, 0.1) is 0 Å². The van der Waals surface area contributed by atoms with Crippen LogP contribution in [0.2, 0.25) is 5.02 Å². The average molecular weight is 548 g/mol. The van der Waals surface area contributed by atoms with E-state index in [9.17, 15) is 0 Å². The number of rotatable bonds is 8. The van der Waals surface area contributed by atoms with Crippen molar-refractivity contribution in [3.05, 3.63) is 52.9 Å². The van der Waals surface area contributed by atoms with E-state index in [1.54, 1.807) is 13.4 Å². The van der Waals surface area contributed by atoms with Crippen LogP contribution in [0.5, 0.6) is 5.75 Å². The number of hydrogen-bond donors (Lipinski definition) is 2. The van der Waals surface area contributed by atoms with E-state index >= 15 is 0 Å². The van der Waals surface area contributed by atoms with Crippen molar-refractivity contribution >= 4 is 41.5 Å². The van der Waals surface area contributed by atoms with Crippen LogP contribution in [0.15, 0.2) is 46.0 Å². The average Bonchev–Trinajstić information content (AvgIpc) is 3.26. The second kappa shape index (κ2) is 12.4. The topological polar surface area (TPSA) is 68.0 Å². The van der Waals surface area contributed by atoms with Gasteiger partial charge in [-0.25, -0.2) is 0 Å². The normalized spacial score (nSPS) is 15.9. The largest absolute Gasteiger partial charge is 0.496 e. The molecule has 1 aliphatic heterocycles. The Morgan fingerprint density at radius 3 is 2.70 bits per heavy atom. The fraction of sp³-hybridized carbons (Fsp3) is 0.500. The number of aliphatic imine (C=N–C) groups is 1. The number of nitrogens with zero attached hydrogens (tertiary/aromatic N) is 1. The molecule has 0 aliphatic carbocycles. The zero-order valence-corrected chi connectivity index (χ0v) is 20.7. The van der Waals surface area contributed by atoms with Gasteiger partial charge in [0.05, 0.1) is 19.9 Å². The monoisotopic (exact) mass is 547 g/mol. The summed E-state index contributed by atoms with van der Waals surface area (Å²) in [4.78, 5) is 4.92. The molecule has 166 valence electrons. The SMILES string of the molecule is CCNC(=NCC1(c2cc(Cl)ccc2OC)CCOCC1)NCCc1ccco1.I. The number of halogens is 2. The molecule has 1 aliphatic rings. The van der Waals surface area contributed by atoms with Gasteiger partial charge in [-0.1, -0.05) is 11.6 Å². The zero-order chi connectivity index (χ0) is 20.5. The number of hydrogen-bond acceptors (Lipinski definition) is 4. The lowest BCUT2D eigenvalue weighted by molar-refractivity contribution is 0.0523. The van der Waals surface area contributed by atoms with E-state index in [1.165, 1.54) is 0 Å². The Hall–Kier alpha value is -1.45. The molecule has 2 N–H and O–H groups in total. The quantitative estimate of drug-likeness (QED) is 0.291. The fourth-order valence-electron chi connectivity index (χ4n) is 3.70. The van der Waals surface area contributed by atoms with Crippen LogP contribution < -0.4 is 15.4 Å². The van der Waals surface area contributed by atoms with Crippen LogP contribution in [-0.2, 0) is 16.6 Å². The molecule has 0 radical (unpaired) electrons. The Bertz CT molecular complexity index is 793. The van der Waals surface area contributed by atoms with Crippen LogP contribution >= 0.6 is 35.6 Å². The van der Waals surface area contributed by atoms with Crippen LogP contribution in [-0.4, -0.2) is 45.9 Å². The van der Waals surface area contributed by atoms with Crippen molar-refractivity contribution in [1.82, 2.24) is 10.6 Å². The first-order chi connectivity index (χ1) is 14.2. The molecule has 2 heterocycles. The minimum absolute atomic E-state index is 0. The molecule has 0 saturated carbocycles. The second-order valence-electron chi connectivity index (χ2n) is 7.19. The Balaban J connectivity index is 0.00000320. The van der Waals surface area contributed by atoms with Crippen LogP contribution in [0.25, 0.3) is 0 Å². The summed E-state index contributed by atoms with van der Waals surface area (Å²) >= 11 is 6.33. The van der Waals surface area contributed by atoms with Gasteiger partial charge in [0.1, 0.15) is 11.5 Å². The lowest BCUT2D eigenvalue weighted by Crippen LogP contribution is -2.42. The van der Waals surface area contributed by atoms with Gasteiger partial charge < -0.3 is 24.5 Å². The van der Waals surface area contributed by atoms with Gasteiger partial charge in [-0.15, -0.1) is 24.0 Å². The van der Waals surface area contributed by atoms with E-state index in [-0.39, 0.29) is 29.4 Å². The summed E-state index contributed by atoms with van der Waals surface area (Å²) in [7, 11) is 1.70. The van der Waals surface area contributed by atoms with Crippen molar-refractivity contribution in [1.29, 1.82) is 0 Å². The molecule has 0 spiro atoms. The van der Waals surface area contributed by atoms with E-state index in [2.05, 4.69) is 17.6 Å². The minimum atomic E-state index is -0.169. The van der Waals surface area contributed by atoms with Crippen molar-refractivity contribution < 1.29 is 13.9 Å². The van der Waals surface area contributed by atoms with Crippen LogP contribution in [0.1, 0.15) is 31.1 Å². The lowest BCUT2D eigenvalue weighted by Gasteiger charge is -2.37. The van der Waals surface area contributed by atoms with Gasteiger partial charge in [0.15, 0.2) is 5.96 Å². The molecule has 30 heavy (non-hydrogen) atoms. The predicted octanol–water partition coefficient (Wildman–Crippen LogP) is 4.41. The summed E-state index contributed by atoms with van der Waals surface area (Å²) < 4.78 is 16.7. The fourth-order valence-corrected chi connectivity index (χ4v) is 3.87. The molecule has 1 aromatic heterocycles. The van der Waals surface area contributed by atoms with Crippen LogP contribution in [0.4, 0.5) is 0 Å². The number of methoxy groups -OCH3 is 1. The minimum Gasteiger partial charge on any atom is -0.496 e. The third-order valence-corrected chi connectivity index (χ3v) is 5.55. The first kappa shape index (κ1) is 24.8. The van der Waals surface area contributed by atoms with Gasteiger partial charge in [0, 0.05) is 48.7 Å². The number of ether oxygens (including phenoxy) is 2. The van der Waals surface area contributed by atoms with E-state index in [0.29, 0.717) is 24.8 Å². The molecular formula is C22H31ClIN3O3. The highest BCUT2D eigenvalue weighted by molar-refractivity contribution is 14.0. The second-order valence-corrected chi connectivity index (χ2v) is 7.63. The predicted molar refractivity (Wildman–Crippen MR) is 132 cm³/mol. The molecule has 1 aromatic carbocycles. The molecule has 1 fully saturated rings.